The van der Waals surface area contributed by atoms with E-state index >= 15 is 0 Å². The van der Waals surface area contributed by atoms with Crippen LogP contribution in [0.4, 0.5) is 0 Å². The van der Waals surface area contributed by atoms with Crippen molar-refractivity contribution >= 4 is 28.6 Å². The predicted molar refractivity (Wildman–Crippen MR) is 67.0 cm³/mol. The van der Waals surface area contributed by atoms with Gasteiger partial charge in [0.1, 0.15) is 6.10 Å². The zero-order valence-corrected chi connectivity index (χ0v) is 10.5. The molecule has 0 N–H and O–H groups in total. The molecule has 1 aliphatic heterocycles. The number of cyclic esters (lactones) is 1. The van der Waals surface area contributed by atoms with Crippen molar-refractivity contribution in [2.24, 2.45) is 5.92 Å². The van der Waals surface area contributed by atoms with E-state index < -0.39 is 0 Å². The number of esters is 1. The zero-order valence-electron chi connectivity index (χ0n) is 8.36. The molecule has 15 heavy (non-hydrogen) atoms. The second kappa shape index (κ2) is 4.96. The van der Waals surface area contributed by atoms with Crippen molar-refractivity contribution in [3.05, 3.63) is 35.9 Å². The number of benzene rings is 1. The maximum atomic E-state index is 11.5. The molecule has 0 spiro atoms. The number of carbonyl (C=O) groups excluding carboxylic acids is 1. The van der Waals surface area contributed by atoms with Crippen LogP contribution in [0.3, 0.4) is 0 Å². The van der Waals surface area contributed by atoms with Gasteiger partial charge < -0.3 is 4.74 Å². The lowest BCUT2D eigenvalue weighted by Gasteiger charge is -2.04. The molecule has 1 heterocycles. The molecular formula is C12H13IO2. The van der Waals surface area contributed by atoms with Gasteiger partial charge in [0.15, 0.2) is 0 Å². The largest absolute Gasteiger partial charge is 0.461 e. The summed E-state index contributed by atoms with van der Waals surface area (Å²) in [5.74, 6) is 0.0349. The quantitative estimate of drug-likeness (QED) is 0.487. The molecule has 2 rings (SSSR count). The van der Waals surface area contributed by atoms with E-state index in [-0.39, 0.29) is 18.0 Å². The molecule has 0 aromatic heterocycles. The smallest absolute Gasteiger partial charge is 0.309 e. The third-order valence-electron chi connectivity index (χ3n) is 2.66. The van der Waals surface area contributed by atoms with Crippen molar-refractivity contribution in [1.82, 2.24) is 0 Å². The average Bonchev–Trinajstić information content (AvgIpc) is 2.61. The highest BCUT2D eigenvalue weighted by molar-refractivity contribution is 14.1. The maximum Gasteiger partial charge on any atom is 0.309 e. The Kier molecular flexibility index (Phi) is 3.61. The van der Waals surface area contributed by atoms with E-state index in [1.807, 2.05) is 18.2 Å². The van der Waals surface area contributed by atoms with Crippen LogP contribution in [-0.4, -0.2) is 16.5 Å². The van der Waals surface area contributed by atoms with Crippen LogP contribution in [0.25, 0.3) is 0 Å². The Morgan fingerprint density at radius 1 is 1.33 bits per heavy atom. The Labute approximate surface area is 103 Å². The highest BCUT2D eigenvalue weighted by Gasteiger charge is 2.33. The molecule has 2 nitrogen and oxygen atoms in total. The number of hydrogen-bond donors (Lipinski definition) is 0. The fourth-order valence-electron chi connectivity index (χ4n) is 1.88. The lowest BCUT2D eigenvalue weighted by Crippen LogP contribution is -2.10. The number of ether oxygens (including phenoxy) is 1. The van der Waals surface area contributed by atoms with Gasteiger partial charge in [0.05, 0.1) is 5.92 Å². The Hall–Kier alpha value is -0.580. The first-order valence-corrected chi connectivity index (χ1v) is 6.62. The normalized spacial score (nSPS) is 25.3. The van der Waals surface area contributed by atoms with Crippen LogP contribution in [0.1, 0.15) is 12.0 Å². The maximum absolute atomic E-state index is 11.5. The van der Waals surface area contributed by atoms with Gasteiger partial charge in [-0.25, -0.2) is 0 Å². The van der Waals surface area contributed by atoms with E-state index in [0.29, 0.717) is 0 Å². The van der Waals surface area contributed by atoms with Gasteiger partial charge in [-0.15, -0.1) is 0 Å². The van der Waals surface area contributed by atoms with Gasteiger partial charge in [-0.05, 0) is 18.4 Å². The molecule has 1 saturated heterocycles. The lowest BCUT2D eigenvalue weighted by atomic mass is 9.97. The van der Waals surface area contributed by atoms with E-state index in [1.165, 1.54) is 5.56 Å². The molecule has 2 unspecified atom stereocenters. The molecule has 1 aliphatic rings. The number of alkyl halides is 1. The summed E-state index contributed by atoms with van der Waals surface area (Å²) >= 11 is 2.26. The van der Waals surface area contributed by atoms with Crippen molar-refractivity contribution < 1.29 is 9.53 Å². The summed E-state index contributed by atoms with van der Waals surface area (Å²) in [6.07, 6.45) is 1.82. The summed E-state index contributed by atoms with van der Waals surface area (Å²) in [6, 6.07) is 10.1. The first-order valence-electron chi connectivity index (χ1n) is 5.10. The molecule has 0 saturated carbocycles. The zero-order chi connectivity index (χ0) is 10.7. The fourth-order valence-corrected chi connectivity index (χ4v) is 2.42. The summed E-state index contributed by atoms with van der Waals surface area (Å²) in [5.41, 5.74) is 1.22. The van der Waals surface area contributed by atoms with E-state index in [0.717, 1.165) is 17.3 Å². The highest BCUT2D eigenvalue weighted by atomic mass is 127. The monoisotopic (exact) mass is 316 g/mol. The molecule has 0 radical (unpaired) electrons. The van der Waals surface area contributed by atoms with Gasteiger partial charge in [0, 0.05) is 4.43 Å². The molecule has 0 amide bonds. The van der Waals surface area contributed by atoms with Crippen LogP contribution in [0.2, 0.25) is 0 Å². The number of hydrogen-bond acceptors (Lipinski definition) is 2. The highest BCUT2D eigenvalue weighted by Crippen LogP contribution is 2.25. The molecular weight excluding hydrogens is 303 g/mol. The van der Waals surface area contributed by atoms with Gasteiger partial charge >= 0.3 is 5.97 Å². The van der Waals surface area contributed by atoms with Crippen molar-refractivity contribution in [2.75, 3.05) is 4.43 Å². The molecule has 0 aliphatic carbocycles. The van der Waals surface area contributed by atoms with Gasteiger partial charge in [0.25, 0.3) is 0 Å². The van der Waals surface area contributed by atoms with Gasteiger partial charge in [0.2, 0.25) is 0 Å². The third-order valence-corrected chi connectivity index (χ3v) is 3.64. The van der Waals surface area contributed by atoms with Crippen molar-refractivity contribution in [1.29, 1.82) is 0 Å². The van der Waals surface area contributed by atoms with Crippen molar-refractivity contribution in [2.45, 2.75) is 18.9 Å². The second-order valence-corrected chi connectivity index (χ2v) is 4.72. The summed E-state index contributed by atoms with van der Waals surface area (Å²) in [7, 11) is 0. The van der Waals surface area contributed by atoms with E-state index in [9.17, 15) is 4.79 Å². The van der Waals surface area contributed by atoms with Crippen LogP contribution in [0.15, 0.2) is 30.3 Å². The molecule has 1 aromatic carbocycles. The first kappa shape index (κ1) is 10.9. The minimum Gasteiger partial charge on any atom is -0.461 e. The third kappa shape index (κ3) is 2.71. The van der Waals surface area contributed by atoms with E-state index in [1.54, 1.807) is 0 Å². The minimum absolute atomic E-state index is 0.0273. The van der Waals surface area contributed by atoms with E-state index in [4.69, 9.17) is 4.74 Å². The van der Waals surface area contributed by atoms with Crippen LogP contribution < -0.4 is 0 Å². The topological polar surface area (TPSA) is 26.3 Å². The van der Waals surface area contributed by atoms with Crippen LogP contribution in [-0.2, 0) is 16.0 Å². The van der Waals surface area contributed by atoms with E-state index in [2.05, 4.69) is 34.7 Å². The van der Waals surface area contributed by atoms with Crippen LogP contribution >= 0.6 is 22.6 Å². The van der Waals surface area contributed by atoms with Crippen LogP contribution in [0.5, 0.6) is 0 Å². The molecule has 80 valence electrons. The Balaban J connectivity index is 1.99. The molecule has 0 bridgehead atoms. The number of halogens is 1. The standard InChI is InChI=1S/C12H13IO2/c13-8-11-7-10(12(14)15-11)6-9-4-2-1-3-5-9/h1-5,10-11H,6-8H2. The number of rotatable bonds is 3. The minimum atomic E-state index is -0.0273. The number of carbonyl (C=O) groups is 1. The lowest BCUT2D eigenvalue weighted by molar-refractivity contribution is -0.143. The Bertz CT molecular complexity index is 337. The average molecular weight is 316 g/mol. The molecule has 3 heteroatoms. The van der Waals surface area contributed by atoms with Crippen molar-refractivity contribution in [3.8, 4) is 0 Å². The SMILES string of the molecule is O=C1OC(CI)CC1Cc1ccccc1. The summed E-state index contributed by atoms with van der Waals surface area (Å²) in [5, 5.41) is 0. The summed E-state index contributed by atoms with van der Waals surface area (Å²) in [6.45, 7) is 0. The predicted octanol–water partition coefficient (Wildman–Crippen LogP) is 2.60. The molecule has 1 fully saturated rings. The Morgan fingerprint density at radius 3 is 2.67 bits per heavy atom. The van der Waals surface area contributed by atoms with Gasteiger partial charge in [-0.2, -0.15) is 0 Å². The first-order chi connectivity index (χ1) is 7.29. The van der Waals surface area contributed by atoms with Crippen LogP contribution in [0, 0.1) is 5.92 Å². The van der Waals surface area contributed by atoms with Crippen molar-refractivity contribution in [3.63, 3.8) is 0 Å². The van der Waals surface area contributed by atoms with Gasteiger partial charge in [-0.3, -0.25) is 4.79 Å². The summed E-state index contributed by atoms with van der Waals surface area (Å²) in [4.78, 5) is 11.5. The fraction of sp³-hybridized carbons (Fsp3) is 0.417. The second-order valence-electron chi connectivity index (χ2n) is 3.84. The van der Waals surface area contributed by atoms with Gasteiger partial charge in [-0.1, -0.05) is 52.9 Å². The Morgan fingerprint density at radius 2 is 2.07 bits per heavy atom. The molecule has 2 atom stereocenters. The summed E-state index contributed by atoms with van der Waals surface area (Å²) < 4.78 is 6.15. The molecule has 1 aromatic rings.